The largest absolute Gasteiger partial charge is 0.459 e. The van der Waals surface area contributed by atoms with Crippen molar-refractivity contribution in [2.24, 2.45) is 23.7 Å². The average Bonchev–Trinajstić information content (AvgIpc) is 3.07. The summed E-state index contributed by atoms with van der Waals surface area (Å²) < 4.78 is 25.3. The lowest BCUT2D eigenvalue weighted by molar-refractivity contribution is -0.176. The Bertz CT molecular complexity index is 763. The molecule has 0 aromatic heterocycles. The Hall–Kier alpha value is -1.40. The molecular formula is C26H40O6. The van der Waals surface area contributed by atoms with Gasteiger partial charge < -0.3 is 18.9 Å². The molecule has 3 saturated heterocycles. The van der Waals surface area contributed by atoms with E-state index in [1.165, 1.54) is 6.92 Å². The Morgan fingerprint density at radius 3 is 2.66 bits per heavy atom. The van der Waals surface area contributed by atoms with Crippen LogP contribution in [-0.2, 0) is 28.5 Å². The van der Waals surface area contributed by atoms with Gasteiger partial charge in [-0.1, -0.05) is 20.4 Å². The molecule has 4 fully saturated rings. The van der Waals surface area contributed by atoms with Gasteiger partial charge in [-0.05, 0) is 69.8 Å². The van der Waals surface area contributed by atoms with Crippen molar-refractivity contribution in [3.8, 4) is 0 Å². The van der Waals surface area contributed by atoms with Crippen molar-refractivity contribution >= 4 is 11.9 Å². The molecule has 3 heterocycles. The van der Waals surface area contributed by atoms with Crippen LogP contribution in [0.25, 0.3) is 0 Å². The summed E-state index contributed by atoms with van der Waals surface area (Å²) in [5, 5.41) is 0. The van der Waals surface area contributed by atoms with Crippen LogP contribution in [-0.4, -0.2) is 48.1 Å². The smallest absolute Gasteiger partial charge is 0.306 e. The molecule has 2 bridgehead atoms. The molecular weight excluding hydrogens is 408 g/mol. The van der Waals surface area contributed by atoms with Crippen molar-refractivity contribution in [3.05, 3.63) is 12.2 Å². The molecule has 0 spiro atoms. The van der Waals surface area contributed by atoms with E-state index in [9.17, 15) is 9.59 Å². The summed E-state index contributed by atoms with van der Waals surface area (Å²) in [5.41, 5.74) is -0.172. The summed E-state index contributed by atoms with van der Waals surface area (Å²) in [5.74, 6) is 0.818. The molecule has 3 aliphatic heterocycles. The Morgan fingerprint density at radius 1 is 1.22 bits per heavy atom. The molecule has 0 amide bonds. The molecule has 9 atom stereocenters. The summed E-state index contributed by atoms with van der Waals surface area (Å²) in [6.07, 6.45) is 4.53. The van der Waals surface area contributed by atoms with E-state index in [0.717, 1.165) is 31.3 Å². The fourth-order valence-corrected chi connectivity index (χ4v) is 7.02. The van der Waals surface area contributed by atoms with E-state index in [1.807, 2.05) is 6.92 Å². The van der Waals surface area contributed by atoms with Crippen molar-refractivity contribution in [1.29, 1.82) is 0 Å². The van der Waals surface area contributed by atoms with Crippen molar-refractivity contribution in [3.63, 3.8) is 0 Å². The molecule has 1 saturated carbocycles. The van der Waals surface area contributed by atoms with E-state index in [2.05, 4.69) is 27.4 Å². The summed E-state index contributed by atoms with van der Waals surface area (Å²) in [6.45, 7) is 15.0. The van der Waals surface area contributed by atoms with Gasteiger partial charge in [0.05, 0.1) is 24.4 Å². The number of carbonyl (C=O) groups excluding carboxylic acids is 2. The first kappa shape index (κ1) is 23.7. The molecule has 32 heavy (non-hydrogen) atoms. The number of carbonyl (C=O) groups is 2. The van der Waals surface area contributed by atoms with Crippen LogP contribution in [0.5, 0.6) is 0 Å². The second-order valence-corrected chi connectivity index (χ2v) is 11.0. The third kappa shape index (κ3) is 4.13. The van der Waals surface area contributed by atoms with Gasteiger partial charge in [-0.3, -0.25) is 9.59 Å². The molecule has 1 aliphatic carbocycles. The molecule has 0 unspecified atom stereocenters. The number of ether oxygens (including phenoxy) is 4. The van der Waals surface area contributed by atoms with Crippen LogP contribution >= 0.6 is 0 Å². The van der Waals surface area contributed by atoms with Gasteiger partial charge in [-0.15, -0.1) is 0 Å². The molecule has 6 heteroatoms. The lowest BCUT2D eigenvalue weighted by Gasteiger charge is -2.49. The van der Waals surface area contributed by atoms with Crippen molar-refractivity contribution < 1.29 is 28.5 Å². The van der Waals surface area contributed by atoms with Gasteiger partial charge in [0.1, 0.15) is 11.7 Å². The highest BCUT2D eigenvalue weighted by molar-refractivity contribution is 5.70. The molecule has 6 nitrogen and oxygen atoms in total. The van der Waals surface area contributed by atoms with Gasteiger partial charge >= 0.3 is 11.9 Å². The minimum atomic E-state index is -0.575. The Balaban J connectivity index is 1.74. The van der Waals surface area contributed by atoms with E-state index in [1.54, 1.807) is 0 Å². The third-order valence-electron chi connectivity index (χ3n) is 8.60. The Kier molecular flexibility index (Phi) is 6.49. The summed E-state index contributed by atoms with van der Waals surface area (Å²) in [4.78, 5) is 24.4. The second kappa shape index (κ2) is 8.75. The fraction of sp³-hybridized carbons (Fsp3) is 0.846. The molecule has 0 radical (unpaired) electrons. The first-order chi connectivity index (χ1) is 15.1. The molecule has 0 aromatic carbocycles. The standard InChI is InChI=1S/C26H40O6/c1-7-8-21(28)32-25(5)11-9-18-16(3)14-29-26(6)12-10-19(30-17(4)27)15(2)13-20-23(25)22(18)24(26)31-20/h16,18-20,22-24H,2,7-14H2,1,3-6H3/t16-,18+,19+,20-,22-,23-,24-,25+,26-/m0/s1. The zero-order valence-corrected chi connectivity index (χ0v) is 20.4. The van der Waals surface area contributed by atoms with Gasteiger partial charge in [-0.2, -0.15) is 0 Å². The maximum absolute atomic E-state index is 12.6. The number of hydrogen-bond acceptors (Lipinski definition) is 6. The van der Waals surface area contributed by atoms with Gasteiger partial charge in [0.25, 0.3) is 0 Å². The van der Waals surface area contributed by atoms with E-state index in [0.29, 0.717) is 37.7 Å². The van der Waals surface area contributed by atoms with Gasteiger partial charge in [0.15, 0.2) is 0 Å². The maximum atomic E-state index is 12.6. The highest BCUT2D eigenvalue weighted by Crippen LogP contribution is 2.59. The predicted molar refractivity (Wildman–Crippen MR) is 120 cm³/mol. The first-order valence-corrected chi connectivity index (χ1v) is 12.4. The lowest BCUT2D eigenvalue weighted by atomic mass is 9.58. The highest BCUT2D eigenvalue weighted by Gasteiger charge is 2.65. The average molecular weight is 449 g/mol. The van der Waals surface area contributed by atoms with E-state index in [4.69, 9.17) is 18.9 Å². The zero-order chi connectivity index (χ0) is 23.3. The number of fused-ring (bicyclic) bond motifs is 2. The summed E-state index contributed by atoms with van der Waals surface area (Å²) in [7, 11) is 0. The molecule has 0 N–H and O–H groups in total. The van der Waals surface area contributed by atoms with Gasteiger partial charge in [0, 0.05) is 25.2 Å². The van der Waals surface area contributed by atoms with E-state index in [-0.39, 0.29) is 42.1 Å². The normalized spacial score (nSPS) is 45.8. The van der Waals surface area contributed by atoms with Crippen LogP contribution < -0.4 is 0 Å². The van der Waals surface area contributed by atoms with Gasteiger partial charge in [0.2, 0.25) is 0 Å². The lowest BCUT2D eigenvalue weighted by Crippen LogP contribution is -2.55. The van der Waals surface area contributed by atoms with E-state index < -0.39 is 11.2 Å². The quantitative estimate of drug-likeness (QED) is 0.463. The van der Waals surface area contributed by atoms with Crippen LogP contribution in [0.4, 0.5) is 0 Å². The van der Waals surface area contributed by atoms with Crippen molar-refractivity contribution in [2.45, 2.75) is 109 Å². The van der Waals surface area contributed by atoms with Crippen LogP contribution in [0, 0.1) is 23.7 Å². The fourth-order valence-electron chi connectivity index (χ4n) is 7.02. The van der Waals surface area contributed by atoms with Crippen molar-refractivity contribution in [2.75, 3.05) is 6.61 Å². The number of rotatable bonds is 4. The highest BCUT2D eigenvalue weighted by atomic mass is 16.6. The Labute approximate surface area is 192 Å². The van der Waals surface area contributed by atoms with E-state index >= 15 is 0 Å². The summed E-state index contributed by atoms with van der Waals surface area (Å²) in [6, 6.07) is 0. The second-order valence-electron chi connectivity index (χ2n) is 11.0. The minimum absolute atomic E-state index is 0.0687. The van der Waals surface area contributed by atoms with Crippen LogP contribution in [0.1, 0.15) is 79.6 Å². The predicted octanol–water partition coefficient (Wildman–Crippen LogP) is 4.60. The zero-order valence-electron chi connectivity index (χ0n) is 20.4. The molecule has 4 rings (SSSR count). The SMILES string of the molecule is C=C1C[C@@H]2O[C@H]3[C@H]4[C@H](CC[C@@](C)(OC(=O)CCC)[C@H]42)[C@@H](C)CO[C@@]3(C)CC[C@H]1OC(C)=O. The maximum Gasteiger partial charge on any atom is 0.306 e. The third-order valence-corrected chi connectivity index (χ3v) is 8.60. The van der Waals surface area contributed by atoms with Crippen molar-refractivity contribution in [1.82, 2.24) is 0 Å². The summed E-state index contributed by atoms with van der Waals surface area (Å²) >= 11 is 0. The Morgan fingerprint density at radius 2 is 1.97 bits per heavy atom. The van der Waals surface area contributed by atoms with Crippen LogP contribution in [0.3, 0.4) is 0 Å². The topological polar surface area (TPSA) is 71.1 Å². The van der Waals surface area contributed by atoms with Gasteiger partial charge in [-0.25, -0.2) is 0 Å². The monoisotopic (exact) mass is 448 g/mol. The van der Waals surface area contributed by atoms with Crippen LogP contribution in [0.15, 0.2) is 12.2 Å². The first-order valence-electron chi connectivity index (χ1n) is 12.4. The molecule has 180 valence electrons. The molecule has 4 aliphatic rings. The minimum Gasteiger partial charge on any atom is -0.459 e. The number of esters is 2. The number of hydrogen-bond donors (Lipinski definition) is 0. The van der Waals surface area contributed by atoms with Crippen LogP contribution in [0.2, 0.25) is 0 Å². The molecule has 0 aromatic rings.